The van der Waals surface area contributed by atoms with E-state index in [-0.39, 0.29) is 17.7 Å². The van der Waals surface area contributed by atoms with Gasteiger partial charge in [0.1, 0.15) is 5.82 Å². The quantitative estimate of drug-likeness (QED) is 0.526. The number of halogens is 1. The fourth-order valence-electron chi connectivity index (χ4n) is 4.10. The summed E-state index contributed by atoms with van der Waals surface area (Å²) in [5.41, 5.74) is 0.563. The van der Waals surface area contributed by atoms with E-state index in [1.807, 2.05) is 6.07 Å². The maximum Gasteiger partial charge on any atom is 0.230 e. The van der Waals surface area contributed by atoms with E-state index in [0.717, 1.165) is 25.9 Å². The highest BCUT2D eigenvalue weighted by atomic mass is 32.1. The molecule has 1 aromatic carbocycles. The van der Waals surface area contributed by atoms with Crippen LogP contribution in [0.5, 0.6) is 5.88 Å². The minimum Gasteiger partial charge on any atom is -0.492 e. The minimum atomic E-state index is -0.375. The molecular formula is C21H21FN4O2S. The van der Waals surface area contributed by atoms with Crippen molar-refractivity contribution in [3.05, 3.63) is 58.9 Å². The third-order valence-corrected chi connectivity index (χ3v) is 6.52. The van der Waals surface area contributed by atoms with Crippen molar-refractivity contribution in [3.63, 3.8) is 0 Å². The van der Waals surface area contributed by atoms with Crippen molar-refractivity contribution in [2.24, 2.45) is 5.92 Å². The molecule has 0 aliphatic carbocycles. The summed E-state index contributed by atoms with van der Waals surface area (Å²) in [6.07, 6.45) is 3.77. The van der Waals surface area contributed by atoms with Crippen molar-refractivity contribution in [3.8, 4) is 17.5 Å². The topological polar surface area (TPSA) is 66.8 Å². The van der Waals surface area contributed by atoms with Gasteiger partial charge in [-0.25, -0.2) is 4.39 Å². The van der Waals surface area contributed by atoms with E-state index in [2.05, 4.69) is 21.9 Å². The van der Waals surface area contributed by atoms with Gasteiger partial charge in [-0.15, -0.1) is 5.10 Å². The van der Waals surface area contributed by atoms with Crippen LogP contribution in [0.15, 0.2) is 47.1 Å². The lowest BCUT2D eigenvalue weighted by molar-refractivity contribution is 0.147. The number of fused-ring (bicyclic) bond motifs is 1. The minimum absolute atomic E-state index is 0.00165. The van der Waals surface area contributed by atoms with Crippen molar-refractivity contribution in [2.45, 2.75) is 25.8 Å². The summed E-state index contributed by atoms with van der Waals surface area (Å²) in [6.45, 7) is 3.92. The van der Waals surface area contributed by atoms with Crippen LogP contribution in [0.4, 0.5) is 4.39 Å². The van der Waals surface area contributed by atoms with Gasteiger partial charge >= 0.3 is 0 Å². The summed E-state index contributed by atoms with van der Waals surface area (Å²) in [7, 11) is 0. The zero-order valence-electron chi connectivity index (χ0n) is 16.0. The number of rotatable bonds is 4. The lowest BCUT2D eigenvalue weighted by Gasteiger charge is -2.37. The fraction of sp³-hybridized carbons (Fsp3) is 0.333. The van der Waals surface area contributed by atoms with E-state index in [1.54, 1.807) is 30.5 Å². The van der Waals surface area contributed by atoms with Crippen molar-refractivity contribution in [1.29, 1.82) is 0 Å². The molecule has 150 valence electrons. The zero-order chi connectivity index (χ0) is 20.0. The zero-order valence-corrected chi connectivity index (χ0v) is 16.8. The van der Waals surface area contributed by atoms with Crippen molar-refractivity contribution >= 4 is 16.3 Å². The van der Waals surface area contributed by atoms with Gasteiger partial charge in [-0.05, 0) is 43.5 Å². The van der Waals surface area contributed by atoms with E-state index in [9.17, 15) is 9.50 Å². The van der Waals surface area contributed by atoms with Crippen LogP contribution < -0.4 is 0 Å². The standard InChI is InChI=1S/C21H21FN4O2S/c1-13-6-4-10-25(12-13)17(14-7-2-3-8-15(14)22)18-20(27)26-21(29-18)23-19(24-26)16-9-5-11-28-16/h2-3,5,7-9,11,13,17,27H,4,6,10,12H2,1H3/t13-,17+/m0/s1. The molecule has 0 unspecified atom stereocenters. The third kappa shape index (κ3) is 3.22. The number of nitrogens with zero attached hydrogens (tertiary/aromatic N) is 4. The molecule has 2 atom stereocenters. The highest BCUT2D eigenvalue weighted by Gasteiger charge is 2.33. The number of piperidine rings is 1. The molecule has 1 N–H and O–H groups in total. The summed E-state index contributed by atoms with van der Waals surface area (Å²) >= 11 is 1.34. The number of furan rings is 1. The van der Waals surface area contributed by atoms with Gasteiger partial charge in [-0.3, -0.25) is 4.90 Å². The first kappa shape index (κ1) is 18.3. The molecule has 4 aromatic rings. The van der Waals surface area contributed by atoms with E-state index in [1.165, 1.54) is 21.9 Å². The number of likely N-dealkylation sites (tertiary alicyclic amines) is 1. The number of hydrogen-bond donors (Lipinski definition) is 1. The number of aromatic hydroxyl groups is 1. The van der Waals surface area contributed by atoms with Crippen LogP contribution in [-0.2, 0) is 0 Å². The van der Waals surface area contributed by atoms with Crippen LogP contribution in [-0.4, -0.2) is 37.7 Å². The van der Waals surface area contributed by atoms with Gasteiger partial charge in [-0.1, -0.05) is 36.5 Å². The molecule has 0 radical (unpaired) electrons. The molecule has 8 heteroatoms. The maximum absolute atomic E-state index is 14.8. The first-order valence-electron chi connectivity index (χ1n) is 9.72. The Hall–Kier alpha value is -2.71. The molecule has 0 bridgehead atoms. The largest absolute Gasteiger partial charge is 0.492 e. The Bertz CT molecular complexity index is 1140. The van der Waals surface area contributed by atoms with Gasteiger partial charge in [0.25, 0.3) is 0 Å². The molecule has 1 aliphatic heterocycles. The van der Waals surface area contributed by atoms with Gasteiger partial charge in [0.2, 0.25) is 16.7 Å². The maximum atomic E-state index is 14.8. The Labute approximate surface area is 171 Å². The number of aromatic nitrogens is 3. The van der Waals surface area contributed by atoms with Crippen molar-refractivity contribution in [1.82, 2.24) is 19.5 Å². The Morgan fingerprint density at radius 2 is 2.14 bits per heavy atom. The van der Waals surface area contributed by atoms with Gasteiger partial charge in [-0.2, -0.15) is 9.50 Å². The summed E-state index contributed by atoms with van der Waals surface area (Å²) in [5, 5.41) is 15.4. The second-order valence-corrected chi connectivity index (χ2v) is 8.57. The highest BCUT2D eigenvalue weighted by Crippen LogP contribution is 2.42. The molecule has 29 heavy (non-hydrogen) atoms. The van der Waals surface area contributed by atoms with Crippen LogP contribution in [0.25, 0.3) is 16.5 Å². The molecule has 0 amide bonds. The van der Waals surface area contributed by atoms with Gasteiger partial charge in [0.05, 0.1) is 17.2 Å². The van der Waals surface area contributed by atoms with Crippen LogP contribution >= 0.6 is 11.3 Å². The Morgan fingerprint density at radius 3 is 2.86 bits per heavy atom. The van der Waals surface area contributed by atoms with Crippen LogP contribution in [0, 0.1) is 11.7 Å². The van der Waals surface area contributed by atoms with Crippen LogP contribution in [0.2, 0.25) is 0 Å². The SMILES string of the molecule is C[C@H]1CCCN([C@H](c2ccccc2F)c2sc3nc(-c4ccco4)nn3c2O)C1. The summed E-state index contributed by atoms with van der Waals surface area (Å²) < 4.78 is 21.6. The van der Waals surface area contributed by atoms with E-state index in [0.29, 0.717) is 32.9 Å². The van der Waals surface area contributed by atoms with Gasteiger partial charge < -0.3 is 9.52 Å². The highest BCUT2D eigenvalue weighted by molar-refractivity contribution is 7.17. The van der Waals surface area contributed by atoms with E-state index in [4.69, 9.17) is 4.42 Å². The number of thiazole rings is 1. The molecule has 1 saturated heterocycles. The molecule has 1 aliphatic rings. The van der Waals surface area contributed by atoms with Gasteiger partial charge in [0, 0.05) is 12.1 Å². The third-order valence-electron chi connectivity index (χ3n) is 5.44. The lowest BCUT2D eigenvalue weighted by Crippen LogP contribution is -2.38. The first-order chi connectivity index (χ1) is 14.1. The molecule has 5 rings (SSSR count). The smallest absolute Gasteiger partial charge is 0.230 e. The molecule has 1 fully saturated rings. The average Bonchev–Trinajstić information content (AvgIpc) is 3.43. The van der Waals surface area contributed by atoms with Crippen molar-refractivity contribution < 1.29 is 13.9 Å². The molecule has 0 spiro atoms. The fourth-order valence-corrected chi connectivity index (χ4v) is 5.21. The number of hydrogen-bond acceptors (Lipinski definition) is 6. The normalized spacial score (nSPS) is 19.0. The molecule has 0 saturated carbocycles. The number of benzene rings is 1. The van der Waals surface area contributed by atoms with Crippen LogP contribution in [0.3, 0.4) is 0 Å². The van der Waals surface area contributed by atoms with Crippen LogP contribution in [0.1, 0.15) is 36.2 Å². The summed E-state index contributed by atoms with van der Waals surface area (Å²) in [5.74, 6) is 1.20. The second-order valence-electron chi connectivity index (χ2n) is 7.56. The van der Waals surface area contributed by atoms with Gasteiger partial charge in [0.15, 0.2) is 5.76 Å². The predicted octanol–water partition coefficient (Wildman–Crippen LogP) is 4.72. The molecule has 3 aromatic heterocycles. The Kier molecular flexibility index (Phi) is 4.60. The van der Waals surface area contributed by atoms with E-state index < -0.39 is 0 Å². The summed E-state index contributed by atoms with van der Waals surface area (Å²) in [4.78, 5) is 7.96. The Morgan fingerprint density at radius 1 is 1.28 bits per heavy atom. The monoisotopic (exact) mass is 412 g/mol. The second kappa shape index (κ2) is 7.27. The first-order valence-corrected chi connectivity index (χ1v) is 10.5. The molecule has 4 heterocycles. The predicted molar refractivity (Wildman–Crippen MR) is 108 cm³/mol. The summed E-state index contributed by atoms with van der Waals surface area (Å²) in [6, 6.07) is 9.95. The Balaban J connectivity index is 1.62. The lowest BCUT2D eigenvalue weighted by atomic mass is 9.95. The van der Waals surface area contributed by atoms with Crippen molar-refractivity contribution in [2.75, 3.05) is 13.1 Å². The average molecular weight is 412 g/mol. The molecular weight excluding hydrogens is 391 g/mol. The molecule has 6 nitrogen and oxygen atoms in total. The van der Waals surface area contributed by atoms with E-state index >= 15 is 0 Å².